The molecule has 0 aromatic heterocycles. The summed E-state index contributed by atoms with van der Waals surface area (Å²) in [5.74, 6) is -0.774. The van der Waals surface area contributed by atoms with Crippen LogP contribution in [0.1, 0.15) is 91.5 Å². The smallest absolute Gasteiger partial charge is 0.237 e. The van der Waals surface area contributed by atoms with E-state index in [4.69, 9.17) is 14.0 Å². The summed E-state index contributed by atoms with van der Waals surface area (Å²) in [4.78, 5) is 6.47. The summed E-state index contributed by atoms with van der Waals surface area (Å²) >= 11 is 0. The molecule has 0 radical (unpaired) electrons. The van der Waals surface area contributed by atoms with Gasteiger partial charge in [-0.2, -0.15) is 0 Å². The third kappa shape index (κ3) is 5.77. The van der Waals surface area contributed by atoms with Gasteiger partial charge in [-0.15, -0.1) is 6.58 Å². The summed E-state index contributed by atoms with van der Waals surface area (Å²) in [6.07, 6.45) is 8.28. The zero-order valence-corrected chi connectivity index (χ0v) is 23.0. The molecule has 1 aliphatic carbocycles. The topological polar surface area (TPSA) is 53.8 Å². The maximum absolute atomic E-state index is 12.8. The van der Waals surface area contributed by atoms with Gasteiger partial charge in [0, 0.05) is 23.7 Å². The molecule has 34 heavy (non-hydrogen) atoms. The number of benzene rings is 1. The standard InChI is InChI=1S/C28H45NO4Si/c1-8-18-28(31-27-17-13-12-16-26(27)24-14-10-9-11-15-24)19-25(20-29(30)33-28)32-34(21(2)3,22(4)5)23(6)7/h8-11,14-15,20-23,25-27H,1,12-13,16-19H2,2-7H3/t25-,26+,27-,28+/m0/s1. The summed E-state index contributed by atoms with van der Waals surface area (Å²) in [7, 11) is -2.18. The van der Waals surface area contributed by atoms with Gasteiger partial charge in [-0.3, -0.25) is 5.21 Å². The molecule has 6 heteroatoms. The minimum Gasteiger partial charge on any atom is -0.403 e. The van der Waals surface area contributed by atoms with Crippen LogP contribution < -0.4 is 0 Å². The van der Waals surface area contributed by atoms with E-state index in [-0.39, 0.29) is 12.2 Å². The van der Waals surface area contributed by atoms with Gasteiger partial charge in [-0.25, -0.2) is 0 Å². The van der Waals surface area contributed by atoms with Crippen molar-refractivity contribution in [1.29, 1.82) is 0 Å². The molecule has 0 bridgehead atoms. The monoisotopic (exact) mass is 487 g/mol. The second-order valence-corrected chi connectivity index (χ2v) is 16.5. The molecule has 1 aromatic rings. The van der Waals surface area contributed by atoms with Gasteiger partial charge in [0.15, 0.2) is 5.79 Å². The van der Waals surface area contributed by atoms with Crippen molar-refractivity contribution in [3.63, 3.8) is 0 Å². The molecule has 1 fully saturated rings. The van der Waals surface area contributed by atoms with Crippen molar-refractivity contribution in [2.45, 2.75) is 121 Å². The van der Waals surface area contributed by atoms with Gasteiger partial charge in [-0.1, -0.05) is 90.8 Å². The van der Waals surface area contributed by atoms with Crippen LogP contribution in [0.3, 0.4) is 0 Å². The molecule has 2 aliphatic rings. The Kier molecular flexibility index (Phi) is 9.04. The van der Waals surface area contributed by atoms with Crippen LogP contribution in [-0.2, 0) is 14.0 Å². The van der Waals surface area contributed by atoms with Gasteiger partial charge in [0.25, 0.3) is 0 Å². The molecule has 0 N–H and O–H groups in total. The lowest BCUT2D eigenvalue weighted by atomic mass is 9.81. The number of nitrogens with zero attached hydrogens (tertiary/aromatic N) is 1. The average molecular weight is 488 g/mol. The van der Waals surface area contributed by atoms with Crippen molar-refractivity contribution in [3.8, 4) is 0 Å². The normalized spacial score (nSPS) is 28.1. The fourth-order valence-electron chi connectivity index (χ4n) is 6.52. The fraction of sp³-hybridized carbons (Fsp3) is 0.679. The van der Waals surface area contributed by atoms with E-state index in [1.807, 2.05) is 6.07 Å². The zero-order valence-electron chi connectivity index (χ0n) is 22.0. The molecule has 0 unspecified atom stereocenters. The molecular weight excluding hydrogens is 442 g/mol. The molecule has 5 nitrogen and oxygen atoms in total. The minimum absolute atomic E-state index is 0.00875. The van der Waals surface area contributed by atoms with Crippen LogP contribution in [0.2, 0.25) is 16.6 Å². The molecule has 1 saturated carbocycles. The molecule has 1 aliphatic heterocycles. The van der Waals surface area contributed by atoms with Gasteiger partial charge < -0.3 is 14.0 Å². The van der Waals surface area contributed by atoms with E-state index in [2.05, 4.69) is 72.4 Å². The zero-order chi connectivity index (χ0) is 24.9. The number of hydrogen-bond donors (Lipinski definition) is 0. The number of hydrogen-bond acceptors (Lipinski definition) is 4. The van der Waals surface area contributed by atoms with Gasteiger partial charge >= 0.3 is 0 Å². The van der Waals surface area contributed by atoms with E-state index >= 15 is 0 Å². The predicted molar refractivity (Wildman–Crippen MR) is 141 cm³/mol. The van der Waals surface area contributed by atoms with Gasteiger partial charge in [-0.05, 0) is 35.0 Å². The van der Waals surface area contributed by atoms with Crippen molar-refractivity contribution < 1.29 is 18.9 Å². The highest BCUT2D eigenvalue weighted by atomic mass is 28.4. The highest BCUT2D eigenvalue weighted by molar-refractivity contribution is 6.77. The third-order valence-corrected chi connectivity index (χ3v) is 14.0. The van der Waals surface area contributed by atoms with Crippen LogP contribution in [-0.4, -0.2) is 37.4 Å². The lowest BCUT2D eigenvalue weighted by molar-refractivity contribution is -0.788. The molecule has 3 rings (SSSR count). The molecule has 190 valence electrons. The molecule has 0 saturated heterocycles. The van der Waals surface area contributed by atoms with Crippen molar-refractivity contribution in [2.24, 2.45) is 0 Å². The molecule has 1 heterocycles. The van der Waals surface area contributed by atoms with Crippen LogP contribution in [0.4, 0.5) is 0 Å². The summed E-state index contributed by atoms with van der Waals surface area (Å²) in [6.45, 7) is 17.5. The first-order valence-electron chi connectivity index (χ1n) is 13.2. The Hall–Kier alpha value is -1.63. The van der Waals surface area contributed by atoms with Crippen molar-refractivity contribution >= 4 is 14.5 Å². The first-order chi connectivity index (χ1) is 16.1. The van der Waals surface area contributed by atoms with Gasteiger partial charge in [0.2, 0.25) is 14.5 Å². The van der Waals surface area contributed by atoms with Crippen LogP contribution in [0.25, 0.3) is 0 Å². The summed E-state index contributed by atoms with van der Waals surface area (Å²) in [5.41, 5.74) is 2.58. The maximum atomic E-state index is 12.8. The lowest BCUT2D eigenvalue weighted by Gasteiger charge is -2.48. The number of ether oxygens (including phenoxy) is 1. The average Bonchev–Trinajstić information content (AvgIpc) is 2.77. The van der Waals surface area contributed by atoms with E-state index in [9.17, 15) is 5.21 Å². The highest BCUT2D eigenvalue weighted by Gasteiger charge is 2.50. The van der Waals surface area contributed by atoms with E-state index in [0.717, 1.165) is 19.3 Å². The minimum atomic E-state index is -2.18. The molecule has 0 spiro atoms. The predicted octanol–water partition coefficient (Wildman–Crippen LogP) is 7.48. The second kappa shape index (κ2) is 11.4. The Morgan fingerprint density at radius 1 is 1.09 bits per heavy atom. The fourth-order valence-corrected chi connectivity index (χ4v) is 12.0. The Morgan fingerprint density at radius 2 is 1.71 bits per heavy atom. The largest absolute Gasteiger partial charge is 0.403 e. The summed E-state index contributed by atoms with van der Waals surface area (Å²) in [6, 6.07) is 10.6. The van der Waals surface area contributed by atoms with Crippen LogP contribution in [0.5, 0.6) is 0 Å². The van der Waals surface area contributed by atoms with Gasteiger partial charge in [0.05, 0.1) is 6.10 Å². The van der Waals surface area contributed by atoms with Crippen LogP contribution in [0.15, 0.2) is 43.0 Å². The molecule has 1 aromatic carbocycles. The van der Waals surface area contributed by atoms with Crippen LogP contribution in [0, 0.1) is 5.21 Å². The summed E-state index contributed by atoms with van der Waals surface area (Å²) < 4.78 is 13.8. The SMILES string of the molecule is C=CC[C@]1(O[C@H]2CCCC[C@@H]2c2ccccc2)C[C@H](O[Si](C(C)C)(C(C)C)C(C)C)C=[N+]([O-])O1. The van der Waals surface area contributed by atoms with Crippen LogP contribution >= 0.6 is 0 Å². The molecule has 4 atom stereocenters. The Balaban J connectivity index is 1.89. The summed E-state index contributed by atoms with van der Waals surface area (Å²) in [5, 5.41) is 12.8. The first kappa shape index (κ1) is 27.0. The van der Waals surface area contributed by atoms with E-state index in [0.29, 0.717) is 40.3 Å². The maximum Gasteiger partial charge on any atom is 0.237 e. The molecular formula is C28H45NO4Si. The highest BCUT2D eigenvalue weighted by Crippen LogP contribution is 2.45. The number of rotatable bonds is 10. The lowest BCUT2D eigenvalue weighted by Crippen LogP contribution is -2.56. The third-order valence-electron chi connectivity index (χ3n) is 7.87. The van der Waals surface area contributed by atoms with E-state index < -0.39 is 14.1 Å². The van der Waals surface area contributed by atoms with E-state index in [1.165, 1.54) is 12.0 Å². The van der Waals surface area contributed by atoms with Crippen molar-refractivity contribution in [3.05, 3.63) is 53.8 Å². The van der Waals surface area contributed by atoms with Crippen molar-refractivity contribution in [2.75, 3.05) is 0 Å². The first-order valence-corrected chi connectivity index (χ1v) is 15.3. The van der Waals surface area contributed by atoms with Crippen molar-refractivity contribution in [1.82, 2.24) is 0 Å². The van der Waals surface area contributed by atoms with Gasteiger partial charge in [0.1, 0.15) is 6.10 Å². The Labute approximate surface area is 207 Å². The Morgan fingerprint density at radius 3 is 2.29 bits per heavy atom. The molecule has 0 amide bonds. The quantitative estimate of drug-likeness (QED) is 0.195. The second-order valence-electron chi connectivity index (χ2n) is 11.1. The van der Waals surface area contributed by atoms with E-state index in [1.54, 1.807) is 12.3 Å². The Bertz CT molecular complexity index is 803.